The maximum absolute atomic E-state index is 12.4. The van der Waals surface area contributed by atoms with Crippen molar-refractivity contribution < 1.29 is 4.79 Å². The molecule has 0 heterocycles. The third kappa shape index (κ3) is 5.98. The number of carbonyl (C=O) groups excluding carboxylic acids is 1. The Labute approximate surface area is 165 Å². The fraction of sp³-hybridized carbons (Fsp3) is 0.174. The summed E-state index contributed by atoms with van der Waals surface area (Å²) < 4.78 is 0. The summed E-state index contributed by atoms with van der Waals surface area (Å²) in [7, 11) is 0. The van der Waals surface area contributed by atoms with Gasteiger partial charge in [0.25, 0.3) is 0 Å². The average Bonchev–Trinajstić information content (AvgIpc) is 2.73. The van der Waals surface area contributed by atoms with Crippen LogP contribution in [0.1, 0.15) is 17.2 Å². The van der Waals surface area contributed by atoms with Crippen molar-refractivity contribution in [3.63, 3.8) is 0 Å². The van der Waals surface area contributed by atoms with E-state index in [-0.39, 0.29) is 18.5 Å². The lowest BCUT2D eigenvalue weighted by Gasteiger charge is -2.19. The second-order valence-electron chi connectivity index (χ2n) is 6.31. The first-order valence-electron chi connectivity index (χ1n) is 9.01. The van der Waals surface area contributed by atoms with E-state index in [1.807, 2.05) is 66.9 Å². The number of amides is 1. The zero-order valence-corrected chi connectivity index (χ0v) is 16.2. The highest BCUT2D eigenvalue weighted by Crippen LogP contribution is 2.19. The second kappa shape index (κ2) is 9.95. The molecule has 3 rings (SSSR count). The van der Waals surface area contributed by atoms with Crippen LogP contribution in [0.5, 0.6) is 0 Å². The highest BCUT2D eigenvalue weighted by atomic mass is 32.2. The molecule has 1 unspecified atom stereocenters. The van der Waals surface area contributed by atoms with Crippen LogP contribution in [0.2, 0.25) is 0 Å². The molecule has 0 spiro atoms. The summed E-state index contributed by atoms with van der Waals surface area (Å²) in [5.41, 5.74) is 3.24. The first kappa shape index (κ1) is 19.2. The lowest BCUT2D eigenvalue weighted by Crippen LogP contribution is -2.32. The molecule has 0 aliphatic carbocycles. The van der Waals surface area contributed by atoms with Crippen LogP contribution in [0.3, 0.4) is 0 Å². The molecule has 0 bridgehead atoms. The lowest BCUT2D eigenvalue weighted by molar-refractivity contribution is -0.115. The third-order valence-electron chi connectivity index (χ3n) is 4.37. The zero-order valence-electron chi connectivity index (χ0n) is 15.4. The van der Waals surface area contributed by atoms with Gasteiger partial charge in [-0.1, -0.05) is 60.7 Å². The maximum Gasteiger partial charge on any atom is 0.238 e. The number of nitrogens with one attached hydrogen (secondary N) is 2. The van der Waals surface area contributed by atoms with Crippen molar-refractivity contribution in [2.24, 2.45) is 0 Å². The van der Waals surface area contributed by atoms with Crippen molar-refractivity contribution in [3.8, 4) is 0 Å². The molecule has 3 aromatic carbocycles. The Morgan fingerprint density at radius 1 is 0.889 bits per heavy atom. The van der Waals surface area contributed by atoms with Gasteiger partial charge >= 0.3 is 0 Å². The van der Waals surface area contributed by atoms with E-state index in [2.05, 4.69) is 34.9 Å². The third-order valence-corrected chi connectivity index (χ3v) is 5.11. The van der Waals surface area contributed by atoms with Crippen LogP contribution in [-0.4, -0.2) is 18.7 Å². The molecule has 3 nitrogen and oxygen atoms in total. The van der Waals surface area contributed by atoms with Gasteiger partial charge in [0.05, 0.1) is 6.54 Å². The van der Waals surface area contributed by atoms with Crippen molar-refractivity contribution in [1.29, 1.82) is 0 Å². The quantitative estimate of drug-likeness (QED) is 0.548. The van der Waals surface area contributed by atoms with Gasteiger partial charge in [-0.25, -0.2) is 0 Å². The second-order valence-corrected chi connectivity index (χ2v) is 7.19. The minimum absolute atomic E-state index is 0.0408. The van der Waals surface area contributed by atoms with Gasteiger partial charge in [0.15, 0.2) is 0 Å². The van der Waals surface area contributed by atoms with Crippen molar-refractivity contribution in [2.75, 3.05) is 18.1 Å². The molecule has 0 saturated heterocycles. The highest BCUT2D eigenvalue weighted by molar-refractivity contribution is 7.98. The molecule has 138 valence electrons. The molecule has 2 N–H and O–H groups in total. The Hall–Kier alpha value is -2.56. The number of hydrogen-bond acceptors (Lipinski definition) is 3. The maximum atomic E-state index is 12.4. The van der Waals surface area contributed by atoms with E-state index in [1.54, 1.807) is 11.8 Å². The van der Waals surface area contributed by atoms with E-state index < -0.39 is 0 Å². The van der Waals surface area contributed by atoms with Crippen LogP contribution >= 0.6 is 11.8 Å². The molecular formula is C23H24N2OS. The monoisotopic (exact) mass is 376 g/mol. The summed E-state index contributed by atoms with van der Waals surface area (Å²) in [5.74, 6) is -0.0408. The average molecular weight is 377 g/mol. The van der Waals surface area contributed by atoms with E-state index in [9.17, 15) is 4.79 Å². The fourth-order valence-corrected chi connectivity index (χ4v) is 3.35. The van der Waals surface area contributed by atoms with E-state index in [0.717, 1.165) is 12.1 Å². The molecule has 27 heavy (non-hydrogen) atoms. The molecule has 1 amide bonds. The van der Waals surface area contributed by atoms with Crippen LogP contribution < -0.4 is 10.6 Å². The molecule has 0 fully saturated rings. The minimum atomic E-state index is -0.0408. The van der Waals surface area contributed by atoms with Gasteiger partial charge in [-0.15, -0.1) is 11.8 Å². The summed E-state index contributed by atoms with van der Waals surface area (Å²) in [5, 5.41) is 6.36. The van der Waals surface area contributed by atoms with E-state index in [0.29, 0.717) is 0 Å². The van der Waals surface area contributed by atoms with Gasteiger partial charge in [0.1, 0.15) is 0 Å². The SMILES string of the molecule is CSc1ccc(NC(=O)CNC(Cc2ccccc2)c2ccccc2)cc1. The number of thioether (sulfide) groups is 1. The lowest BCUT2D eigenvalue weighted by atomic mass is 9.99. The van der Waals surface area contributed by atoms with Crippen LogP contribution in [0.4, 0.5) is 5.69 Å². The molecule has 0 aliphatic heterocycles. The molecular weight excluding hydrogens is 352 g/mol. The molecule has 1 atom stereocenters. The predicted octanol–water partition coefficient (Wildman–Crippen LogP) is 4.92. The van der Waals surface area contributed by atoms with E-state index in [1.165, 1.54) is 16.0 Å². The first-order valence-corrected chi connectivity index (χ1v) is 10.2. The Bertz CT molecular complexity index is 835. The molecule has 0 radical (unpaired) electrons. The molecule has 3 aromatic rings. The normalized spacial score (nSPS) is 11.7. The molecule has 4 heteroatoms. The van der Waals surface area contributed by atoms with Crippen molar-refractivity contribution in [3.05, 3.63) is 96.1 Å². The number of hydrogen-bond donors (Lipinski definition) is 2. The molecule has 0 aliphatic rings. The van der Waals surface area contributed by atoms with Crippen molar-refractivity contribution >= 4 is 23.4 Å². The topological polar surface area (TPSA) is 41.1 Å². The zero-order chi connectivity index (χ0) is 18.9. The highest BCUT2D eigenvalue weighted by Gasteiger charge is 2.13. The van der Waals surface area contributed by atoms with Gasteiger partial charge < -0.3 is 10.6 Å². The van der Waals surface area contributed by atoms with Gasteiger partial charge in [0, 0.05) is 16.6 Å². The van der Waals surface area contributed by atoms with Crippen LogP contribution in [0, 0.1) is 0 Å². The summed E-state index contributed by atoms with van der Waals surface area (Å²) in [6.07, 6.45) is 2.87. The first-order chi connectivity index (χ1) is 13.2. The Balaban J connectivity index is 1.62. The van der Waals surface area contributed by atoms with Crippen molar-refractivity contribution in [2.45, 2.75) is 17.4 Å². The Kier molecular flexibility index (Phi) is 7.08. The Morgan fingerprint density at radius 3 is 2.15 bits per heavy atom. The summed E-state index contributed by atoms with van der Waals surface area (Å²) >= 11 is 1.68. The van der Waals surface area contributed by atoms with Crippen LogP contribution in [0.25, 0.3) is 0 Å². The number of carbonyl (C=O) groups is 1. The number of benzene rings is 3. The van der Waals surface area contributed by atoms with Crippen LogP contribution in [0.15, 0.2) is 89.8 Å². The minimum Gasteiger partial charge on any atom is -0.325 e. The smallest absolute Gasteiger partial charge is 0.238 e. The standard InChI is InChI=1S/C23H24N2OS/c1-27-21-14-12-20(13-15-21)25-23(26)17-24-22(19-10-6-3-7-11-19)16-18-8-4-2-5-9-18/h2-15,22,24H,16-17H2,1H3,(H,25,26). The largest absolute Gasteiger partial charge is 0.325 e. The fourth-order valence-electron chi connectivity index (χ4n) is 2.94. The van der Waals surface area contributed by atoms with Gasteiger partial charge in [-0.3, -0.25) is 4.79 Å². The van der Waals surface area contributed by atoms with E-state index >= 15 is 0 Å². The molecule has 0 aromatic heterocycles. The number of rotatable bonds is 8. The Morgan fingerprint density at radius 2 is 1.52 bits per heavy atom. The summed E-state index contributed by atoms with van der Waals surface area (Å²) in [6.45, 7) is 0.261. The predicted molar refractivity (Wildman–Crippen MR) is 114 cm³/mol. The van der Waals surface area contributed by atoms with Gasteiger partial charge in [0.2, 0.25) is 5.91 Å². The summed E-state index contributed by atoms with van der Waals surface area (Å²) in [4.78, 5) is 13.6. The van der Waals surface area contributed by atoms with E-state index in [4.69, 9.17) is 0 Å². The molecule has 0 saturated carbocycles. The number of anilines is 1. The van der Waals surface area contributed by atoms with Crippen molar-refractivity contribution in [1.82, 2.24) is 5.32 Å². The summed E-state index contributed by atoms with van der Waals surface area (Å²) in [6, 6.07) is 28.6. The van der Waals surface area contributed by atoms with Gasteiger partial charge in [-0.2, -0.15) is 0 Å². The van der Waals surface area contributed by atoms with Gasteiger partial charge in [-0.05, 0) is 48.1 Å². The van der Waals surface area contributed by atoms with Crippen LogP contribution in [-0.2, 0) is 11.2 Å².